The van der Waals surface area contributed by atoms with Crippen molar-refractivity contribution in [2.45, 2.75) is 12.5 Å². The highest BCUT2D eigenvalue weighted by molar-refractivity contribution is 9.10. The highest BCUT2D eigenvalue weighted by Gasteiger charge is 2.12. The van der Waals surface area contributed by atoms with Crippen LogP contribution in [-0.2, 0) is 6.42 Å². The van der Waals surface area contributed by atoms with Crippen molar-refractivity contribution in [3.63, 3.8) is 0 Å². The first-order valence-electron chi connectivity index (χ1n) is 5.31. The van der Waals surface area contributed by atoms with Gasteiger partial charge in [-0.3, -0.25) is 0 Å². The van der Waals surface area contributed by atoms with Crippen LogP contribution in [0.2, 0.25) is 0 Å². The van der Waals surface area contributed by atoms with Gasteiger partial charge in [0, 0.05) is 12.4 Å². The fourth-order valence-electron chi connectivity index (χ4n) is 1.71. The zero-order chi connectivity index (χ0) is 12.3. The maximum atomic E-state index is 13.1. The molecule has 0 aliphatic heterocycles. The van der Waals surface area contributed by atoms with Crippen LogP contribution in [0.4, 0.5) is 4.39 Å². The van der Waals surface area contributed by atoms with Crippen molar-refractivity contribution in [2.75, 3.05) is 7.05 Å². The lowest BCUT2D eigenvalue weighted by atomic mass is 10.1. The van der Waals surface area contributed by atoms with Crippen molar-refractivity contribution >= 4 is 15.9 Å². The lowest BCUT2D eigenvalue weighted by Crippen LogP contribution is -2.20. The van der Waals surface area contributed by atoms with Crippen molar-refractivity contribution in [1.29, 1.82) is 0 Å². The molecule has 1 atom stereocenters. The number of rotatable bonds is 4. The SMILES string of the molecule is CNC(Cc1ccc(F)c(Br)c1)c1ncc[nH]1. The Kier molecular flexibility index (Phi) is 3.91. The Morgan fingerprint density at radius 3 is 2.94 bits per heavy atom. The Labute approximate surface area is 108 Å². The minimum Gasteiger partial charge on any atom is -0.347 e. The first-order chi connectivity index (χ1) is 8.20. The second-order valence-corrected chi connectivity index (χ2v) is 4.62. The van der Waals surface area contributed by atoms with Crippen molar-refractivity contribution in [3.8, 4) is 0 Å². The van der Waals surface area contributed by atoms with E-state index in [1.165, 1.54) is 6.07 Å². The van der Waals surface area contributed by atoms with Crippen LogP contribution in [0, 0.1) is 5.82 Å². The first-order valence-corrected chi connectivity index (χ1v) is 6.10. The van der Waals surface area contributed by atoms with Crippen LogP contribution in [0.5, 0.6) is 0 Å². The molecule has 0 aliphatic rings. The smallest absolute Gasteiger partial charge is 0.137 e. The quantitative estimate of drug-likeness (QED) is 0.911. The summed E-state index contributed by atoms with van der Waals surface area (Å²) in [7, 11) is 1.88. The molecular formula is C12H13BrFN3. The Morgan fingerprint density at radius 2 is 2.35 bits per heavy atom. The Morgan fingerprint density at radius 1 is 1.53 bits per heavy atom. The van der Waals surface area contributed by atoms with E-state index in [1.807, 2.05) is 7.05 Å². The molecule has 1 heterocycles. The number of aromatic nitrogens is 2. The maximum Gasteiger partial charge on any atom is 0.137 e. The molecule has 1 aromatic carbocycles. The normalized spacial score (nSPS) is 12.6. The summed E-state index contributed by atoms with van der Waals surface area (Å²) in [5.41, 5.74) is 1.05. The van der Waals surface area contributed by atoms with Gasteiger partial charge in [0.1, 0.15) is 11.6 Å². The third-order valence-corrected chi connectivity index (χ3v) is 3.23. The van der Waals surface area contributed by atoms with Gasteiger partial charge in [0.2, 0.25) is 0 Å². The van der Waals surface area contributed by atoms with Crippen LogP contribution in [0.3, 0.4) is 0 Å². The molecule has 0 saturated heterocycles. The molecule has 5 heteroatoms. The second-order valence-electron chi connectivity index (χ2n) is 3.77. The van der Waals surface area contributed by atoms with Crippen molar-refractivity contribution in [1.82, 2.24) is 15.3 Å². The van der Waals surface area contributed by atoms with Gasteiger partial charge >= 0.3 is 0 Å². The zero-order valence-corrected chi connectivity index (χ0v) is 11.0. The molecule has 2 N–H and O–H groups in total. The summed E-state index contributed by atoms with van der Waals surface area (Å²) >= 11 is 3.19. The molecule has 0 fully saturated rings. The maximum absolute atomic E-state index is 13.1. The summed E-state index contributed by atoms with van der Waals surface area (Å²) in [6, 6.07) is 5.15. The average Bonchev–Trinajstić information content (AvgIpc) is 2.84. The molecular weight excluding hydrogens is 285 g/mol. The van der Waals surface area contributed by atoms with Crippen LogP contribution in [0.1, 0.15) is 17.4 Å². The first kappa shape index (κ1) is 12.3. The fourth-order valence-corrected chi connectivity index (χ4v) is 2.13. The van der Waals surface area contributed by atoms with E-state index in [9.17, 15) is 4.39 Å². The molecule has 1 unspecified atom stereocenters. The monoisotopic (exact) mass is 297 g/mol. The number of H-pyrrole nitrogens is 1. The molecule has 0 spiro atoms. The van der Waals surface area contributed by atoms with Gasteiger partial charge in [0.25, 0.3) is 0 Å². The van der Waals surface area contributed by atoms with E-state index in [-0.39, 0.29) is 11.9 Å². The highest BCUT2D eigenvalue weighted by atomic mass is 79.9. The number of nitrogens with zero attached hydrogens (tertiary/aromatic N) is 1. The molecule has 0 bridgehead atoms. The van der Waals surface area contributed by atoms with Gasteiger partial charge in [-0.2, -0.15) is 0 Å². The molecule has 2 aromatic rings. The summed E-state index contributed by atoms with van der Waals surface area (Å²) < 4.78 is 13.6. The van der Waals surface area contributed by atoms with Crippen LogP contribution >= 0.6 is 15.9 Å². The number of nitrogens with one attached hydrogen (secondary N) is 2. The van der Waals surface area contributed by atoms with Gasteiger partial charge in [-0.1, -0.05) is 6.07 Å². The predicted octanol–water partition coefficient (Wildman–Crippen LogP) is 2.81. The van der Waals surface area contributed by atoms with E-state index in [2.05, 4.69) is 31.2 Å². The standard InChI is InChI=1S/C12H13BrFN3/c1-15-11(12-16-4-5-17-12)7-8-2-3-10(14)9(13)6-8/h2-6,11,15H,7H2,1H3,(H,16,17). The molecule has 1 aromatic heterocycles. The van der Waals surface area contributed by atoms with E-state index < -0.39 is 0 Å². The van der Waals surface area contributed by atoms with E-state index in [0.29, 0.717) is 4.47 Å². The van der Waals surface area contributed by atoms with E-state index in [0.717, 1.165) is 17.8 Å². The summed E-state index contributed by atoms with van der Waals surface area (Å²) in [5, 5.41) is 3.18. The van der Waals surface area contributed by atoms with Crippen molar-refractivity contribution in [2.24, 2.45) is 0 Å². The molecule has 3 nitrogen and oxygen atoms in total. The zero-order valence-electron chi connectivity index (χ0n) is 9.37. The molecule has 17 heavy (non-hydrogen) atoms. The van der Waals surface area contributed by atoms with Gasteiger partial charge in [0.05, 0.1) is 10.5 Å². The Balaban J connectivity index is 2.16. The predicted molar refractivity (Wildman–Crippen MR) is 68.2 cm³/mol. The lowest BCUT2D eigenvalue weighted by Gasteiger charge is -2.14. The van der Waals surface area contributed by atoms with Crippen LogP contribution in [-0.4, -0.2) is 17.0 Å². The molecule has 0 aliphatic carbocycles. The van der Waals surface area contributed by atoms with Gasteiger partial charge in [-0.25, -0.2) is 9.37 Å². The molecule has 0 amide bonds. The number of hydrogen-bond donors (Lipinski definition) is 2. The number of halogens is 2. The number of aromatic amines is 1. The second kappa shape index (κ2) is 5.42. The average molecular weight is 298 g/mol. The lowest BCUT2D eigenvalue weighted by molar-refractivity contribution is 0.561. The topological polar surface area (TPSA) is 40.7 Å². The summed E-state index contributed by atoms with van der Waals surface area (Å²) in [5.74, 6) is 0.640. The Bertz CT molecular complexity index is 485. The van der Waals surface area contributed by atoms with E-state index >= 15 is 0 Å². The molecule has 90 valence electrons. The van der Waals surface area contributed by atoms with E-state index in [4.69, 9.17) is 0 Å². The minimum absolute atomic E-state index is 0.0994. The number of likely N-dealkylation sites (N-methyl/N-ethyl adjacent to an activating group) is 1. The van der Waals surface area contributed by atoms with Gasteiger partial charge in [0.15, 0.2) is 0 Å². The summed E-state index contributed by atoms with van der Waals surface area (Å²) in [6.45, 7) is 0. The van der Waals surface area contributed by atoms with Gasteiger partial charge in [-0.15, -0.1) is 0 Å². The van der Waals surface area contributed by atoms with Crippen LogP contribution in [0.25, 0.3) is 0 Å². The Hall–Kier alpha value is -1.20. The number of benzene rings is 1. The van der Waals surface area contributed by atoms with E-state index in [1.54, 1.807) is 24.5 Å². The number of hydrogen-bond acceptors (Lipinski definition) is 2. The third-order valence-electron chi connectivity index (χ3n) is 2.62. The summed E-state index contributed by atoms with van der Waals surface area (Å²) in [4.78, 5) is 7.29. The number of imidazole rings is 1. The third kappa shape index (κ3) is 2.92. The molecule has 0 radical (unpaired) electrons. The van der Waals surface area contributed by atoms with Crippen LogP contribution in [0.15, 0.2) is 35.1 Å². The van der Waals surface area contributed by atoms with Crippen LogP contribution < -0.4 is 5.32 Å². The highest BCUT2D eigenvalue weighted by Crippen LogP contribution is 2.20. The fraction of sp³-hybridized carbons (Fsp3) is 0.250. The van der Waals surface area contributed by atoms with Gasteiger partial charge < -0.3 is 10.3 Å². The minimum atomic E-state index is -0.243. The summed E-state index contributed by atoms with van der Waals surface area (Å²) in [6.07, 6.45) is 4.27. The van der Waals surface area contributed by atoms with Crippen molar-refractivity contribution in [3.05, 3.63) is 52.3 Å². The molecule has 2 rings (SSSR count). The largest absolute Gasteiger partial charge is 0.347 e. The van der Waals surface area contributed by atoms with Crippen molar-refractivity contribution < 1.29 is 4.39 Å². The molecule has 0 saturated carbocycles. The van der Waals surface area contributed by atoms with Gasteiger partial charge in [-0.05, 0) is 47.1 Å².